The summed E-state index contributed by atoms with van der Waals surface area (Å²) in [5.41, 5.74) is -0.299. The van der Waals surface area contributed by atoms with Crippen molar-refractivity contribution < 1.29 is 18.7 Å². The molecular formula is C18H21NO5. The summed E-state index contributed by atoms with van der Waals surface area (Å²) in [4.78, 5) is 38.1. The van der Waals surface area contributed by atoms with E-state index in [0.717, 1.165) is 0 Å². The standard InChI is InChI=1S/C18H21NO5/c1-11(2)19(10-12(3)17(21)23-4)16(20)14-9-13-7-5-6-8-15(13)24-18(14)22/h5-9,11-12H,10H2,1-4H3. The minimum Gasteiger partial charge on any atom is -0.469 e. The molecule has 1 unspecified atom stereocenters. The van der Waals surface area contributed by atoms with Crippen LogP contribution in [-0.4, -0.2) is 36.5 Å². The van der Waals surface area contributed by atoms with Gasteiger partial charge in [-0.15, -0.1) is 0 Å². The van der Waals surface area contributed by atoms with E-state index in [1.165, 1.54) is 18.1 Å². The number of carbonyl (C=O) groups is 2. The Kier molecular flexibility index (Phi) is 5.39. The van der Waals surface area contributed by atoms with Crippen molar-refractivity contribution in [1.82, 2.24) is 4.90 Å². The molecule has 0 saturated heterocycles. The van der Waals surface area contributed by atoms with Crippen LogP contribution < -0.4 is 5.63 Å². The first kappa shape index (κ1) is 17.7. The van der Waals surface area contributed by atoms with E-state index >= 15 is 0 Å². The average molecular weight is 331 g/mol. The van der Waals surface area contributed by atoms with Crippen molar-refractivity contribution >= 4 is 22.8 Å². The van der Waals surface area contributed by atoms with E-state index in [0.29, 0.717) is 11.0 Å². The fourth-order valence-electron chi connectivity index (χ4n) is 2.46. The fourth-order valence-corrected chi connectivity index (χ4v) is 2.46. The van der Waals surface area contributed by atoms with Crippen molar-refractivity contribution in [1.29, 1.82) is 0 Å². The highest BCUT2D eigenvalue weighted by atomic mass is 16.5. The molecule has 0 aliphatic carbocycles. The molecule has 0 radical (unpaired) electrons. The van der Waals surface area contributed by atoms with E-state index in [1.807, 2.05) is 13.8 Å². The summed E-state index contributed by atoms with van der Waals surface area (Å²) in [6.07, 6.45) is 0. The molecule has 0 bridgehead atoms. The number of rotatable bonds is 5. The van der Waals surface area contributed by atoms with Crippen molar-refractivity contribution in [3.63, 3.8) is 0 Å². The van der Waals surface area contributed by atoms with Crippen LogP contribution in [-0.2, 0) is 9.53 Å². The molecule has 2 rings (SSSR count). The summed E-state index contributed by atoms with van der Waals surface area (Å²) in [6, 6.07) is 8.34. The molecule has 128 valence electrons. The Labute approximate surface area is 140 Å². The van der Waals surface area contributed by atoms with Gasteiger partial charge in [0.05, 0.1) is 13.0 Å². The Morgan fingerprint density at radius 2 is 1.88 bits per heavy atom. The van der Waals surface area contributed by atoms with Crippen LogP contribution >= 0.6 is 0 Å². The van der Waals surface area contributed by atoms with Crippen molar-refractivity contribution in [2.45, 2.75) is 26.8 Å². The predicted molar refractivity (Wildman–Crippen MR) is 89.8 cm³/mol. The van der Waals surface area contributed by atoms with Crippen molar-refractivity contribution in [2.75, 3.05) is 13.7 Å². The Balaban J connectivity index is 2.38. The van der Waals surface area contributed by atoms with Gasteiger partial charge in [0.25, 0.3) is 5.91 Å². The monoisotopic (exact) mass is 331 g/mol. The first-order valence-corrected chi connectivity index (χ1v) is 7.76. The summed E-state index contributed by atoms with van der Waals surface area (Å²) in [5.74, 6) is -1.35. The van der Waals surface area contributed by atoms with Gasteiger partial charge in [-0.2, -0.15) is 0 Å². The Morgan fingerprint density at radius 3 is 2.50 bits per heavy atom. The smallest absolute Gasteiger partial charge is 0.349 e. The van der Waals surface area contributed by atoms with Gasteiger partial charge in [0, 0.05) is 18.0 Å². The lowest BCUT2D eigenvalue weighted by Crippen LogP contribution is -2.43. The van der Waals surface area contributed by atoms with Crippen molar-refractivity contribution in [3.8, 4) is 0 Å². The number of esters is 1. The first-order chi connectivity index (χ1) is 11.3. The lowest BCUT2D eigenvalue weighted by atomic mass is 10.1. The molecule has 1 atom stereocenters. The van der Waals surface area contributed by atoms with Crippen molar-refractivity contribution in [3.05, 3.63) is 46.3 Å². The molecule has 6 heteroatoms. The molecule has 24 heavy (non-hydrogen) atoms. The molecule has 0 saturated carbocycles. The molecule has 2 aromatic rings. The number of benzene rings is 1. The molecule has 0 spiro atoms. The van der Waals surface area contributed by atoms with Gasteiger partial charge in [0.2, 0.25) is 0 Å². The second-order valence-electron chi connectivity index (χ2n) is 5.96. The van der Waals surface area contributed by atoms with E-state index in [9.17, 15) is 14.4 Å². The molecule has 1 aromatic carbocycles. The molecule has 6 nitrogen and oxygen atoms in total. The maximum Gasteiger partial charge on any atom is 0.349 e. The van der Waals surface area contributed by atoms with Crippen LogP contribution in [0.3, 0.4) is 0 Å². The zero-order valence-corrected chi connectivity index (χ0v) is 14.2. The van der Waals surface area contributed by atoms with Gasteiger partial charge < -0.3 is 14.1 Å². The topological polar surface area (TPSA) is 76.8 Å². The van der Waals surface area contributed by atoms with E-state index in [-0.39, 0.29) is 18.2 Å². The third-order valence-corrected chi connectivity index (χ3v) is 3.83. The van der Waals surface area contributed by atoms with E-state index in [1.54, 1.807) is 31.2 Å². The molecule has 1 aromatic heterocycles. The van der Waals surface area contributed by atoms with Crippen LogP contribution in [0.5, 0.6) is 0 Å². The number of hydrogen-bond donors (Lipinski definition) is 0. The average Bonchev–Trinajstić information content (AvgIpc) is 2.57. The Hall–Kier alpha value is -2.63. The van der Waals surface area contributed by atoms with Crippen LogP contribution in [0.15, 0.2) is 39.5 Å². The van der Waals surface area contributed by atoms with Gasteiger partial charge in [0.15, 0.2) is 0 Å². The van der Waals surface area contributed by atoms with Crippen molar-refractivity contribution in [2.24, 2.45) is 5.92 Å². The molecular weight excluding hydrogens is 310 g/mol. The van der Waals surface area contributed by atoms with E-state index in [4.69, 9.17) is 9.15 Å². The maximum absolute atomic E-state index is 12.8. The summed E-state index contributed by atoms with van der Waals surface area (Å²) in [7, 11) is 1.30. The van der Waals surface area contributed by atoms with Crippen LogP contribution in [0.4, 0.5) is 0 Å². The number of nitrogens with zero attached hydrogens (tertiary/aromatic N) is 1. The fraction of sp³-hybridized carbons (Fsp3) is 0.389. The number of para-hydroxylation sites is 1. The molecule has 1 heterocycles. The Morgan fingerprint density at radius 1 is 1.21 bits per heavy atom. The highest BCUT2D eigenvalue weighted by Gasteiger charge is 2.26. The highest BCUT2D eigenvalue weighted by Crippen LogP contribution is 2.16. The Bertz CT molecular complexity index is 808. The van der Waals surface area contributed by atoms with Gasteiger partial charge in [-0.1, -0.05) is 25.1 Å². The quantitative estimate of drug-likeness (QED) is 0.621. The largest absolute Gasteiger partial charge is 0.469 e. The molecule has 1 amide bonds. The molecule has 0 N–H and O–H groups in total. The first-order valence-electron chi connectivity index (χ1n) is 7.76. The van der Waals surface area contributed by atoms with Gasteiger partial charge in [-0.05, 0) is 26.0 Å². The normalized spacial score (nSPS) is 12.2. The predicted octanol–water partition coefficient (Wildman–Crippen LogP) is 2.45. The summed E-state index contributed by atoms with van der Waals surface area (Å²) in [5, 5.41) is 0.671. The van der Waals surface area contributed by atoms with Gasteiger partial charge in [-0.3, -0.25) is 9.59 Å². The number of hydrogen-bond acceptors (Lipinski definition) is 5. The number of carbonyl (C=O) groups excluding carboxylic acids is 2. The number of ether oxygens (including phenoxy) is 1. The number of methoxy groups -OCH3 is 1. The lowest BCUT2D eigenvalue weighted by Gasteiger charge is -2.28. The second kappa shape index (κ2) is 7.29. The van der Waals surface area contributed by atoms with Crippen LogP contribution in [0.2, 0.25) is 0 Å². The van der Waals surface area contributed by atoms with Gasteiger partial charge >= 0.3 is 11.6 Å². The minimum absolute atomic E-state index is 0.0422. The van der Waals surface area contributed by atoms with Crippen LogP contribution in [0.1, 0.15) is 31.1 Å². The number of amides is 1. The third kappa shape index (κ3) is 3.64. The second-order valence-corrected chi connectivity index (χ2v) is 5.96. The molecule has 0 aliphatic heterocycles. The van der Waals surface area contributed by atoms with Crippen LogP contribution in [0.25, 0.3) is 11.0 Å². The van der Waals surface area contributed by atoms with Gasteiger partial charge in [0.1, 0.15) is 11.1 Å². The number of fused-ring (bicyclic) bond motifs is 1. The SMILES string of the molecule is COC(=O)C(C)CN(C(=O)c1cc2ccccc2oc1=O)C(C)C. The van der Waals surface area contributed by atoms with Gasteiger partial charge in [-0.25, -0.2) is 4.79 Å². The zero-order valence-electron chi connectivity index (χ0n) is 14.2. The van der Waals surface area contributed by atoms with E-state index in [2.05, 4.69) is 0 Å². The summed E-state index contributed by atoms with van der Waals surface area (Å²) >= 11 is 0. The maximum atomic E-state index is 12.8. The van der Waals surface area contributed by atoms with Crippen LogP contribution in [0, 0.1) is 5.92 Å². The molecule has 0 fully saturated rings. The molecule has 0 aliphatic rings. The third-order valence-electron chi connectivity index (χ3n) is 3.83. The van der Waals surface area contributed by atoms with E-state index < -0.39 is 23.4 Å². The lowest BCUT2D eigenvalue weighted by molar-refractivity contribution is -0.145. The summed E-state index contributed by atoms with van der Waals surface area (Å²) in [6.45, 7) is 5.49. The minimum atomic E-state index is -0.685. The highest BCUT2D eigenvalue weighted by molar-refractivity contribution is 5.97. The summed E-state index contributed by atoms with van der Waals surface area (Å²) < 4.78 is 9.93. The zero-order chi connectivity index (χ0) is 17.9.